The number of carbonyl (C=O) groups excluding carboxylic acids is 1. The van der Waals surface area contributed by atoms with Crippen molar-refractivity contribution >= 4 is 28.4 Å². The molecule has 0 aliphatic rings. The number of anilines is 2. The lowest BCUT2D eigenvalue weighted by molar-refractivity contribution is 0.262. The minimum Gasteiger partial charge on any atom is -0.495 e. The molecule has 0 radical (unpaired) electrons. The molecule has 0 fully saturated rings. The van der Waals surface area contributed by atoms with Crippen molar-refractivity contribution in [2.75, 3.05) is 17.7 Å². The fraction of sp³-hybridized carbons (Fsp3) is 0.130. The molecule has 0 saturated carbocycles. The number of aromatic nitrogens is 2. The molecule has 6 nitrogen and oxygen atoms in total. The molecule has 3 aromatic carbocycles. The Kier molecular flexibility index (Phi) is 5.42. The van der Waals surface area contributed by atoms with Crippen LogP contribution in [0.25, 0.3) is 11.0 Å². The topological polar surface area (TPSA) is 79.0 Å². The first kappa shape index (κ1) is 18.6. The van der Waals surface area contributed by atoms with Gasteiger partial charge in [-0.2, -0.15) is 0 Å². The maximum Gasteiger partial charge on any atom is 0.323 e. The van der Waals surface area contributed by atoms with Crippen molar-refractivity contribution in [1.82, 2.24) is 9.97 Å². The molecule has 0 aliphatic heterocycles. The van der Waals surface area contributed by atoms with Crippen LogP contribution < -0.4 is 15.4 Å². The van der Waals surface area contributed by atoms with Crippen LogP contribution in [0, 0.1) is 0 Å². The highest BCUT2D eigenvalue weighted by atomic mass is 16.5. The van der Waals surface area contributed by atoms with Crippen LogP contribution in [0.15, 0.2) is 72.8 Å². The summed E-state index contributed by atoms with van der Waals surface area (Å²) >= 11 is 0. The van der Waals surface area contributed by atoms with Crippen LogP contribution in [0.2, 0.25) is 0 Å². The lowest BCUT2D eigenvalue weighted by Gasteiger charge is -2.11. The van der Waals surface area contributed by atoms with Gasteiger partial charge >= 0.3 is 6.03 Å². The molecular weight excluding hydrogens is 364 g/mol. The predicted octanol–water partition coefficient (Wildman–Crippen LogP) is 5.00. The molecule has 0 aliphatic carbocycles. The van der Waals surface area contributed by atoms with Crippen molar-refractivity contribution in [1.29, 1.82) is 0 Å². The largest absolute Gasteiger partial charge is 0.495 e. The van der Waals surface area contributed by atoms with Crippen molar-refractivity contribution in [3.05, 3.63) is 84.2 Å². The number of nitrogens with zero attached hydrogens (tertiary/aromatic N) is 1. The Morgan fingerprint density at radius 3 is 2.48 bits per heavy atom. The average molecular weight is 386 g/mol. The fourth-order valence-electron chi connectivity index (χ4n) is 3.17. The van der Waals surface area contributed by atoms with Crippen molar-refractivity contribution in [3.8, 4) is 5.75 Å². The van der Waals surface area contributed by atoms with E-state index in [1.807, 2.05) is 60.7 Å². The SMILES string of the molecule is COc1ccccc1NC(=O)Nc1ccc(CCc2nc3ccccc3[nH]2)cc1. The fourth-order valence-corrected chi connectivity index (χ4v) is 3.17. The molecule has 0 unspecified atom stereocenters. The highest BCUT2D eigenvalue weighted by Crippen LogP contribution is 2.23. The van der Waals surface area contributed by atoms with Crippen molar-refractivity contribution in [3.63, 3.8) is 0 Å². The van der Waals surface area contributed by atoms with E-state index in [9.17, 15) is 4.79 Å². The highest BCUT2D eigenvalue weighted by Gasteiger charge is 2.07. The van der Waals surface area contributed by atoms with E-state index in [4.69, 9.17) is 4.74 Å². The number of aryl methyl sites for hydroxylation is 2. The number of fused-ring (bicyclic) bond motifs is 1. The number of imidazole rings is 1. The third-order valence-corrected chi connectivity index (χ3v) is 4.66. The smallest absolute Gasteiger partial charge is 0.323 e. The van der Waals surface area contributed by atoms with Gasteiger partial charge < -0.3 is 20.4 Å². The Hall–Kier alpha value is -3.80. The molecule has 1 aromatic heterocycles. The molecule has 146 valence electrons. The van der Waals surface area contributed by atoms with Crippen molar-refractivity contribution < 1.29 is 9.53 Å². The zero-order valence-electron chi connectivity index (χ0n) is 16.1. The average Bonchev–Trinajstić information content (AvgIpc) is 3.16. The lowest BCUT2D eigenvalue weighted by Crippen LogP contribution is -2.19. The zero-order valence-corrected chi connectivity index (χ0v) is 16.1. The Balaban J connectivity index is 1.33. The van der Waals surface area contributed by atoms with Gasteiger partial charge in [-0.3, -0.25) is 0 Å². The number of benzene rings is 3. The van der Waals surface area contributed by atoms with E-state index in [0.717, 1.165) is 35.4 Å². The van der Waals surface area contributed by atoms with Gasteiger partial charge in [-0.05, 0) is 48.4 Å². The molecule has 6 heteroatoms. The van der Waals surface area contributed by atoms with E-state index in [-0.39, 0.29) is 6.03 Å². The van der Waals surface area contributed by atoms with Crippen LogP contribution in [0.4, 0.5) is 16.2 Å². The first-order valence-electron chi connectivity index (χ1n) is 9.45. The van der Waals surface area contributed by atoms with Crippen LogP contribution in [0.1, 0.15) is 11.4 Å². The Labute approximate surface area is 168 Å². The van der Waals surface area contributed by atoms with Crippen LogP contribution in [-0.2, 0) is 12.8 Å². The molecule has 1 heterocycles. The summed E-state index contributed by atoms with van der Waals surface area (Å²) in [6.07, 6.45) is 1.70. The molecule has 0 bridgehead atoms. The minimum absolute atomic E-state index is 0.315. The van der Waals surface area contributed by atoms with Gasteiger partial charge in [0, 0.05) is 12.1 Å². The quantitative estimate of drug-likeness (QED) is 0.436. The number of H-pyrrole nitrogens is 1. The summed E-state index contributed by atoms with van der Waals surface area (Å²) in [5, 5.41) is 5.63. The van der Waals surface area contributed by atoms with Gasteiger partial charge in [0.1, 0.15) is 11.6 Å². The molecule has 2 amide bonds. The Morgan fingerprint density at radius 2 is 1.69 bits per heavy atom. The maximum absolute atomic E-state index is 12.2. The van der Waals surface area contributed by atoms with Gasteiger partial charge in [-0.15, -0.1) is 0 Å². The van der Waals surface area contributed by atoms with E-state index in [2.05, 4.69) is 20.6 Å². The number of urea groups is 1. The number of carbonyl (C=O) groups is 1. The van der Waals surface area contributed by atoms with Crippen LogP contribution in [0.5, 0.6) is 5.75 Å². The minimum atomic E-state index is -0.315. The second kappa shape index (κ2) is 8.48. The van der Waals surface area contributed by atoms with Gasteiger partial charge in [-0.25, -0.2) is 9.78 Å². The molecule has 29 heavy (non-hydrogen) atoms. The standard InChI is InChI=1S/C23H22N4O2/c1-29-21-9-5-4-8-20(21)27-23(28)24-17-13-10-16(11-14-17)12-15-22-25-18-6-2-3-7-19(18)26-22/h2-11,13-14H,12,15H2,1H3,(H,25,26)(H2,24,27,28). The molecule has 0 spiro atoms. The second-order valence-electron chi connectivity index (χ2n) is 6.68. The van der Waals surface area contributed by atoms with Gasteiger partial charge in [0.25, 0.3) is 0 Å². The number of nitrogens with one attached hydrogen (secondary N) is 3. The number of rotatable bonds is 6. The number of methoxy groups -OCH3 is 1. The molecular formula is C23H22N4O2. The Morgan fingerprint density at radius 1 is 0.931 bits per heavy atom. The molecule has 3 N–H and O–H groups in total. The van der Waals surface area contributed by atoms with E-state index in [1.54, 1.807) is 19.2 Å². The number of hydrogen-bond acceptors (Lipinski definition) is 3. The summed E-state index contributed by atoms with van der Waals surface area (Å²) in [5.41, 5.74) is 4.58. The monoisotopic (exact) mass is 386 g/mol. The molecule has 4 aromatic rings. The van der Waals surface area contributed by atoms with Gasteiger partial charge in [0.2, 0.25) is 0 Å². The summed E-state index contributed by atoms with van der Waals surface area (Å²) in [4.78, 5) is 20.2. The zero-order chi connectivity index (χ0) is 20.1. The maximum atomic E-state index is 12.2. The number of para-hydroxylation sites is 4. The van der Waals surface area contributed by atoms with E-state index in [1.165, 1.54) is 5.56 Å². The predicted molar refractivity (Wildman–Crippen MR) is 116 cm³/mol. The highest BCUT2D eigenvalue weighted by molar-refractivity contribution is 6.00. The molecule has 4 rings (SSSR count). The van der Waals surface area contributed by atoms with Gasteiger partial charge in [0.15, 0.2) is 0 Å². The van der Waals surface area contributed by atoms with E-state index < -0.39 is 0 Å². The second-order valence-corrected chi connectivity index (χ2v) is 6.68. The van der Waals surface area contributed by atoms with E-state index >= 15 is 0 Å². The summed E-state index contributed by atoms with van der Waals surface area (Å²) in [7, 11) is 1.57. The number of hydrogen-bond donors (Lipinski definition) is 3. The first-order chi connectivity index (χ1) is 14.2. The van der Waals surface area contributed by atoms with Crippen LogP contribution in [-0.4, -0.2) is 23.1 Å². The van der Waals surface area contributed by atoms with E-state index in [0.29, 0.717) is 11.4 Å². The van der Waals surface area contributed by atoms with Crippen molar-refractivity contribution in [2.45, 2.75) is 12.8 Å². The van der Waals surface area contributed by atoms with Crippen LogP contribution >= 0.6 is 0 Å². The lowest BCUT2D eigenvalue weighted by atomic mass is 10.1. The first-order valence-corrected chi connectivity index (χ1v) is 9.45. The summed E-state index contributed by atoms with van der Waals surface area (Å²) in [6.45, 7) is 0. The van der Waals surface area contributed by atoms with Crippen molar-refractivity contribution in [2.24, 2.45) is 0 Å². The number of aromatic amines is 1. The molecule has 0 atom stereocenters. The third-order valence-electron chi connectivity index (χ3n) is 4.66. The van der Waals surface area contributed by atoms with Crippen LogP contribution in [0.3, 0.4) is 0 Å². The summed E-state index contributed by atoms with van der Waals surface area (Å²) in [5.74, 6) is 1.59. The number of amides is 2. The Bertz CT molecular complexity index is 1090. The summed E-state index contributed by atoms with van der Waals surface area (Å²) in [6, 6.07) is 22.8. The summed E-state index contributed by atoms with van der Waals surface area (Å²) < 4.78 is 5.24. The third kappa shape index (κ3) is 4.55. The van der Waals surface area contributed by atoms with Gasteiger partial charge in [0.05, 0.1) is 23.8 Å². The van der Waals surface area contributed by atoms with Gasteiger partial charge in [-0.1, -0.05) is 36.4 Å². The normalized spacial score (nSPS) is 10.7. The number of ether oxygens (including phenoxy) is 1. The molecule has 0 saturated heterocycles.